The van der Waals surface area contributed by atoms with E-state index in [0.29, 0.717) is 6.29 Å². The third kappa shape index (κ3) is 2.19. The number of alkyl halides is 3. The molecule has 1 aliphatic heterocycles. The number of carbonyl (C=O) groups is 1. The fourth-order valence-corrected chi connectivity index (χ4v) is 1.37. The Labute approximate surface area is 93.9 Å². The summed E-state index contributed by atoms with van der Waals surface area (Å²) >= 11 is 0. The fourth-order valence-electron chi connectivity index (χ4n) is 1.37. The zero-order chi connectivity index (χ0) is 12.5. The van der Waals surface area contributed by atoms with Gasteiger partial charge in [0.1, 0.15) is 0 Å². The van der Waals surface area contributed by atoms with Crippen molar-refractivity contribution in [1.82, 2.24) is 5.43 Å². The third-order valence-electron chi connectivity index (χ3n) is 2.16. The number of halogens is 3. The average molecular weight is 244 g/mol. The minimum Gasteiger partial charge on any atom is -0.299 e. The molecule has 0 bridgehead atoms. The lowest BCUT2D eigenvalue weighted by molar-refractivity contribution is -0.137. The van der Waals surface area contributed by atoms with Crippen LogP contribution in [-0.2, 0) is 11.0 Å². The number of carbonyl (C=O) groups excluding carboxylic acids is 1. The quantitative estimate of drug-likeness (QED) is 0.808. The van der Waals surface area contributed by atoms with Crippen LogP contribution in [0.15, 0.2) is 34.7 Å². The number of hydrogen-bond donors (Lipinski definition) is 1. The van der Waals surface area contributed by atoms with Gasteiger partial charge in [-0.3, -0.25) is 10.2 Å². The summed E-state index contributed by atoms with van der Waals surface area (Å²) in [5.41, 5.74) is 1.69. The fraction of sp³-hybridized carbons (Fsp3) is 0.222. The highest BCUT2D eigenvalue weighted by atomic mass is 19.4. The zero-order valence-electron chi connectivity index (χ0n) is 8.35. The standard InChI is InChI=1S/C9H7F3N4O/c10-9(11,12)6-2-1-3-7(4-6)16-8(5-17)13-14-15-16/h1-5,8H,(H,13,15). The number of aldehydes is 1. The number of hydrogen-bond acceptors (Lipinski definition) is 5. The maximum absolute atomic E-state index is 12.5. The monoisotopic (exact) mass is 244 g/mol. The van der Waals surface area contributed by atoms with Crippen LogP contribution >= 0.6 is 0 Å². The molecular formula is C9H7F3N4O. The Morgan fingerprint density at radius 3 is 2.82 bits per heavy atom. The number of rotatable bonds is 2. The molecule has 1 heterocycles. The summed E-state index contributed by atoms with van der Waals surface area (Å²) in [7, 11) is 0. The summed E-state index contributed by atoms with van der Waals surface area (Å²) in [5.74, 6) is 0. The molecular weight excluding hydrogens is 237 g/mol. The van der Waals surface area contributed by atoms with E-state index in [1.165, 1.54) is 12.1 Å². The van der Waals surface area contributed by atoms with E-state index in [4.69, 9.17) is 0 Å². The molecule has 0 aliphatic carbocycles. The molecule has 17 heavy (non-hydrogen) atoms. The first-order valence-corrected chi connectivity index (χ1v) is 4.60. The summed E-state index contributed by atoms with van der Waals surface area (Å²) in [6.45, 7) is 0. The third-order valence-corrected chi connectivity index (χ3v) is 2.16. The van der Waals surface area contributed by atoms with Crippen molar-refractivity contribution in [1.29, 1.82) is 0 Å². The van der Waals surface area contributed by atoms with Crippen LogP contribution in [0.4, 0.5) is 18.9 Å². The number of anilines is 1. The van der Waals surface area contributed by atoms with Crippen LogP contribution in [0.25, 0.3) is 0 Å². The Morgan fingerprint density at radius 1 is 1.41 bits per heavy atom. The first-order valence-electron chi connectivity index (χ1n) is 4.60. The Balaban J connectivity index is 2.33. The van der Waals surface area contributed by atoms with Gasteiger partial charge in [-0.15, -0.1) is 0 Å². The second-order valence-electron chi connectivity index (χ2n) is 3.29. The van der Waals surface area contributed by atoms with Crippen LogP contribution in [0, 0.1) is 0 Å². The summed E-state index contributed by atoms with van der Waals surface area (Å²) < 4.78 is 37.4. The lowest BCUT2D eigenvalue weighted by Crippen LogP contribution is -2.36. The summed E-state index contributed by atoms with van der Waals surface area (Å²) in [6.07, 6.45) is -4.81. The molecule has 0 radical (unpaired) electrons. The van der Waals surface area contributed by atoms with E-state index in [1.807, 2.05) is 0 Å². The first kappa shape index (κ1) is 11.4. The van der Waals surface area contributed by atoms with Gasteiger partial charge >= 0.3 is 6.18 Å². The van der Waals surface area contributed by atoms with Gasteiger partial charge in [-0.25, -0.2) is 5.01 Å². The largest absolute Gasteiger partial charge is 0.416 e. The maximum atomic E-state index is 12.5. The van der Waals surface area contributed by atoms with Gasteiger partial charge in [0.2, 0.25) is 0 Å². The molecule has 0 amide bonds. The summed E-state index contributed by atoms with van der Waals surface area (Å²) in [6, 6.07) is 4.51. The van der Waals surface area contributed by atoms with Gasteiger partial charge in [-0.05, 0) is 23.4 Å². The average Bonchev–Trinajstić information content (AvgIpc) is 2.76. The van der Waals surface area contributed by atoms with Crippen LogP contribution in [0.2, 0.25) is 0 Å². The van der Waals surface area contributed by atoms with Crippen LogP contribution in [0.3, 0.4) is 0 Å². The highest BCUT2D eigenvalue weighted by Gasteiger charge is 2.32. The van der Waals surface area contributed by atoms with Gasteiger partial charge in [-0.2, -0.15) is 13.2 Å². The molecule has 1 unspecified atom stereocenters. The topological polar surface area (TPSA) is 57.1 Å². The Kier molecular flexibility index (Phi) is 2.70. The van der Waals surface area contributed by atoms with E-state index in [2.05, 4.69) is 15.9 Å². The van der Waals surface area contributed by atoms with E-state index >= 15 is 0 Å². The van der Waals surface area contributed by atoms with Gasteiger partial charge in [0.25, 0.3) is 0 Å². The van der Waals surface area contributed by atoms with Crippen LogP contribution in [0.5, 0.6) is 0 Å². The summed E-state index contributed by atoms with van der Waals surface area (Å²) in [5, 5.41) is 7.98. The molecule has 2 rings (SSSR count). The highest BCUT2D eigenvalue weighted by Crippen LogP contribution is 2.32. The van der Waals surface area contributed by atoms with Crippen molar-refractivity contribution in [2.24, 2.45) is 10.4 Å². The number of benzene rings is 1. The molecule has 1 aromatic rings. The van der Waals surface area contributed by atoms with Crippen molar-refractivity contribution >= 4 is 12.0 Å². The predicted molar refractivity (Wildman–Crippen MR) is 51.8 cm³/mol. The molecule has 0 aromatic heterocycles. The number of nitrogens with one attached hydrogen (secondary N) is 1. The molecule has 1 aromatic carbocycles. The van der Waals surface area contributed by atoms with Gasteiger partial charge in [0, 0.05) is 0 Å². The van der Waals surface area contributed by atoms with Crippen molar-refractivity contribution in [3.63, 3.8) is 0 Å². The van der Waals surface area contributed by atoms with E-state index in [9.17, 15) is 18.0 Å². The van der Waals surface area contributed by atoms with Crippen LogP contribution in [0.1, 0.15) is 5.56 Å². The second-order valence-corrected chi connectivity index (χ2v) is 3.29. The predicted octanol–water partition coefficient (Wildman–Crippen LogP) is 1.92. The maximum Gasteiger partial charge on any atom is 0.416 e. The molecule has 0 fully saturated rings. The minimum atomic E-state index is -4.43. The molecule has 0 saturated heterocycles. The second kappa shape index (κ2) is 4.04. The first-order chi connectivity index (χ1) is 8.02. The van der Waals surface area contributed by atoms with Crippen LogP contribution in [-0.4, -0.2) is 12.5 Å². The van der Waals surface area contributed by atoms with Crippen molar-refractivity contribution in [3.05, 3.63) is 29.8 Å². The SMILES string of the molecule is O=CC1NN=NN1c1cccc(C(F)(F)F)c1. The molecule has 0 saturated carbocycles. The van der Waals surface area contributed by atoms with E-state index < -0.39 is 17.9 Å². The molecule has 0 spiro atoms. The molecule has 8 heteroatoms. The highest BCUT2D eigenvalue weighted by molar-refractivity contribution is 5.65. The van der Waals surface area contributed by atoms with Gasteiger partial charge in [0.15, 0.2) is 12.5 Å². The lowest BCUT2D eigenvalue weighted by atomic mass is 10.2. The van der Waals surface area contributed by atoms with Crippen molar-refractivity contribution in [3.8, 4) is 0 Å². The normalized spacial score (nSPS) is 19.2. The molecule has 1 N–H and O–H groups in total. The Bertz CT molecular complexity index is 460. The Hall–Kier alpha value is -2.12. The van der Waals surface area contributed by atoms with Gasteiger partial charge in [-0.1, -0.05) is 11.3 Å². The smallest absolute Gasteiger partial charge is 0.299 e. The van der Waals surface area contributed by atoms with Gasteiger partial charge in [0.05, 0.1) is 11.3 Å². The van der Waals surface area contributed by atoms with E-state index in [0.717, 1.165) is 17.1 Å². The lowest BCUT2D eigenvalue weighted by Gasteiger charge is -2.17. The van der Waals surface area contributed by atoms with E-state index in [-0.39, 0.29) is 5.69 Å². The van der Waals surface area contributed by atoms with Gasteiger partial charge < -0.3 is 0 Å². The number of nitrogens with zero attached hydrogens (tertiary/aromatic N) is 3. The molecule has 1 aliphatic rings. The molecule has 5 nitrogen and oxygen atoms in total. The summed E-state index contributed by atoms with van der Waals surface area (Å²) in [4.78, 5) is 10.6. The van der Waals surface area contributed by atoms with Crippen molar-refractivity contribution in [2.45, 2.75) is 12.3 Å². The molecule has 90 valence electrons. The van der Waals surface area contributed by atoms with Crippen molar-refractivity contribution < 1.29 is 18.0 Å². The Morgan fingerprint density at radius 2 is 2.18 bits per heavy atom. The van der Waals surface area contributed by atoms with Crippen molar-refractivity contribution in [2.75, 3.05) is 5.01 Å². The van der Waals surface area contributed by atoms with Crippen LogP contribution < -0.4 is 10.4 Å². The zero-order valence-corrected chi connectivity index (χ0v) is 8.35. The molecule has 1 atom stereocenters. The minimum absolute atomic E-state index is 0.144. The van der Waals surface area contributed by atoms with E-state index in [1.54, 1.807) is 0 Å².